The first kappa shape index (κ1) is 54.2. The predicted molar refractivity (Wildman–Crippen MR) is 389 cm³/mol. The summed E-state index contributed by atoms with van der Waals surface area (Å²) in [5, 5.41) is 9.64. The van der Waals surface area contributed by atoms with Crippen molar-refractivity contribution in [2.45, 2.75) is 0 Å². The molecule has 0 atom stereocenters. The Balaban J connectivity index is 0.000000139. The van der Waals surface area contributed by atoms with E-state index in [2.05, 4.69) is 334 Å². The van der Waals surface area contributed by atoms with Gasteiger partial charge < -0.3 is 9.13 Å². The van der Waals surface area contributed by atoms with E-state index in [-0.39, 0.29) is 0 Å². The number of rotatable bonds is 9. The van der Waals surface area contributed by atoms with Gasteiger partial charge in [0.1, 0.15) is 0 Å². The van der Waals surface area contributed by atoms with Crippen LogP contribution in [0.1, 0.15) is 0 Å². The highest BCUT2D eigenvalue weighted by atomic mass is 15.2. The maximum atomic E-state index is 5.22. The van der Waals surface area contributed by atoms with Crippen LogP contribution < -0.4 is 0 Å². The lowest BCUT2D eigenvalue weighted by Gasteiger charge is -2.12. The van der Waals surface area contributed by atoms with E-state index in [1.807, 2.05) is 24.3 Å². The van der Waals surface area contributed by atoms with Crippen LogP contribution in [0.2, 0.25) is 0 Å². The van der Waals surface area contributed by atoms with Crippen LogP contribution in [-0.2, 0) is 0 Å². The third-order valence-corrected chi connectivity index (χ3v) is 18.3. The predicted octanol–water partition coefficient (Wildman–Crippen LogP) is 21.7. The second kappa shape index (κ2) is 22.6. The van der Waals surface area contributed by atoms with Crippen LogP contribution >= 0.6 is 0 Å². The Bertz CT molecular complexity index is 5960. The minimum absolute atomic E-state index is 0.651. The average molecular weight is 1200 g/mol. The Morgan fingerprint density at radius 2 is 0.479 bits per heavy atom. The number of hydrogen-bond acceptors (Lipinski definition) is 4. The Morgan fingerprint density at radius 1 is 0.181 bits per heavy atom. The van der Waals surface area contributed by atoms with Crippen LogP contribution in [0.25, 0.3) is 167 Å². The van der Waals surface area contributed by atoms with Gasteiger partial charge in [-0.1, -0.05) is 249 Å². The Kier molecular flexibility index (Phi) is 13.0. The molecule has 0 radical (unpaired) electrons. The third-order valence-electron chi connectivity index (χ3n) is 18.3. The molecular weight excluding hydrogens is 1150 g/mol. The van der Waals surface area contributed by atoms with Gasteiger partial charge in [0, 0.05) is 76.7 Å². The summed E-state index contributed by atoms with van der Waals surface area (Å²) < 4.78 is 9.21. The van der Waals surface area contributed by atoms with Gasteiger partial charge in [-0.2, -0.15) is 0 Å². The molecule has 0 fully saturated rings. The molecule has 0 aliphatic carbocycles. The van der Waals surface area contributed by atoms with Gasteiger partial charge in [0.25, 0.3) is 0 Å². The Hall–Kier alpha value is -12.8. The lowest BCUT2D eigenvalue weighted by atomic mass is 10.0. The molecular formula is C86H56N8. The molecule has 94 heavy (non-hydrogen) atoms. The second-order valence-corrected chi connectivity index (χ2v) is 23.7. The number of benzene rings is 13. The molecule has 13 aromatic carbocycles. The van der Waals surface area contributed by atoms with Crippen molar-refractivity contribution in [1.82, 2.24) is 38.2 Å². The van der Waals surface area contributed by atoms with Gasteiger partial charge in [-0.05, 0) is 102 Å². The molecule has 0 amide bonds. The molecule has 0 N–H and O–H groups in total. The highest BCUT2D eigenvalue weighted by Gasteiger charge is 2.24. The summed E-state index contributed by atoms with van der Waals surface area (Å²) in [4.78, 5) is 20.8. The van der Waals surface area contributed by atoms with Gasteiger partial charge in [-0.15, -0.1) is 0 Å². The molecule has 6 heterocycles. The molecule has 0 saturated carbocycles. The number of fused-ring (bicyclic) bond motifs is 13. The zero-order valence-corrected chi connectivity index (χ0v) is 50.9. The molecule has 19 rings (SSSR count). The van der Waals surface area contributed by atoms with E-state index >= 15 is 0 Å². The molecule has 440 valence electrons. The highest BCUT2D eigenvalue weighted by Crippen LogP contribution is 2.43. The monoisotopic (exact) mass is 1200 g/mol. The van der Waals surface area contributed by atoms with Crippen molar-refractivity contribution in [2.24, 2.45) is 0 Å². The van der Waals surface area contributed by atoms with E-state index in [0.717, 1.165) is 78.5 Å². The number of nitrogens with zero attached hydrogens (tertiary/aromatic N) is 8. The van der Waals surface area contributed by atoms with E-state index < -0.39 is 0 Å². The van der Waals surface area contributed by atoms with E-state index in [1.165, 1.54) is 76.3 Å². The standard InChI is InChI=1S/C46H30N4.C40H26N4/c1-4-14-31(15-5-1)40-30-41(32-16-6-2-7-17-32)48-46(47-40)50-43-23-13-11-21-37(43)39-29-34(25-27-45(39)50)33-24-26-44-38(28-33)36-20-10-12-22-42(36)49(44)35-18-8-3-9-19-35;1-4-14-27(15-5-1)33-26-34(28-16-6-2-7-17-28)42-40(41-33)44-36-23-13-11-21-32(36)38-37(44)25-24-31-30-20-10-12-22-35(30)43(39(31)38)29-18-8-3-9-19-29/h1-30H;1-26H. The van der Waals surface area contributed by atoms with Gasteiger partial charge >= 0.3 is 0 Å². The summed E-state index contributed by atoms with van der Waals surface area (Å²) in [5.74, 6) is 1.30. The fourth-order valence-electron chi connectivity index (χ4n) is 14.0. The van der Waals surface area contributed by atoms with Crippen molar-refractivity contribution in [3.63, 3.8) is 0 Å². The molecule has 8 heteroatoms. The van der Waals surface area contributed by atoms with Crippen molar-refractivity contribution in [3.05, 3.63) is 340 Å². The molecule has 0 spiro atoms. The first-order chi connectivity index (χ1) is 46.6. The normalized spacial score (nSPS) is 11.6. The van der Waals surface area contributed by atoms with Crippen LogP contribution in [0.4, 0.5) is 0 Å². The number of hydrogen-bond donors (Lipinski definition) is 0. The van der Waals surface area contributed by atoms with Gasteiger partial charge in [0.2, 0.25) is 11.9 Å². The lowest BCUT2D eigenvalue weighted by Crippen LogP contribution is -2.04. The van der Waals surface area contributed by atoms with Crippen LogP contribution in [0, 0.1) is 0 Å². The van der Waals surface area contributed by atoms with Crippen molar-refractivity contribution in [3.8, 4) is 79.4 Å². The minimum atomic E-state index is 0.651. The second-order valence-electron chi connectivity index (χ2n) is 23.7. The molecule has 6 aromatic heterocycles. The smallest absolute Gasteiger partial charge is 0.235 e. The van der Waals surface area contributed by atoms with Gasteiger partial charge in [0.05, 0.1) is 66.9 Å². The summed E-state index contributed by atoms with van der Waals surface area (Å²) in [6.07, 6.45) is 0. The fourth-order valence-corrected chi connectivity index (χ4v) is 14.0. The summed E-state index contributed by atoms with van der Waals surface area (Å²) in [7, 11) is 0. The maximum Gasteiger partial charge on any atom is 0.235 e. The molecule has 0 bridgehead atoms. The highest BCUT2D eigenvalue weighted by molar-refractivity contribution is 6.26. The molecule has 19 aromatic rings. The zero-order valence-electron chi connectivity index (χ0n) is 50.9. The fraction of sp³-hybridized carbons (Fsp3) is 0. The molecule has 0 saturated heterocycles. The quantitative estimate of drug-likeness (QED) is 0.144. The van der Waals surface area contributed by atoms with Gasteiger partial charge in [-0.3, -0.25) is 9.13 Å². The number of para-hydroxylation sites is 6. The third kappa shape index (κ3) is 9.15. The van der Waals surface area contributed by atoms with Crippen molar-refractivity contribution < 1.29 is 0 Å². The van der Waals surface area contributed by atoms with E-state index in [9.17, 15) is 0 Å². The van der Waals surface area contributed by atoms with Gasteiger partial charge in [-0.25, -0.2) is 19.9 Å². The zero-order chi connectivity index (χ0) is 62.1. The number of aromatic nitrogens is 8. The van der Waals surface area contributed by atoms with Crippen molar-refractivity contribution >= 4 is 87.2 Å². The Labute approximate surface area is 541 Å². The largest absolute Gasteiger partial charge is 0.309 e. The summed E-state index contributed by atoms with van der Waals surface area (Å²) in [5.41, 5.74) is 21.5. The minimum Gasteiger partial charge on any atom is -0.309 e. The van der Waals surface area contributed by atoms with Crippen LogP contribution in [0.5, 0.6) is 0 Å². The molecule has 0 aliphatic rings. The van der Waals surface area contributed by atoms with Crippen LogP contribution in [-0.4, -0.2) is 38.2 Å². The topological polar surface area (TPSA) is 71.3 Å². The summed E-state index contributed by atoms with van der Waals surface area (Å²) in [6.45, 7) is 0. The molecule has 0 aliphatic heterocycles. The van der Waals surface area contributed by atoms with Gasteiger partial charge in [0.15, 0.2) is 0 Å². The average Bonchev–Trinajstić information content (AvgIpc) is 1.55. The first-order valence-corrected chi connectivity index (χ1v) is 31.8. The summed E-state index contributed by atoms with van der Waals surface area (Å²) in [6, 6.07) is 120. The Morgan fingerprint density at radius 3 is 0.915 bits per heavy atom. The van der Waals surface area contributed by atoms with Crippen LogP contribution in [0.15, 0.2) is 340 Å². The molecule has 0 unspecified atom stereocenters. The summed E-state index contributed by atoms with van der Waals surface area (Å²) >= 11 is 0. The SMILES string of the molecule is c1ccc(-c2cc(-c3ccccc3)nc(-n3c4ccccc4c4c3ccc3c5ccccc5n(-c5ccccc5)c34)n2)cc1.c1ccc(-c2cc(-c3ccccc3)nc(-n3c4ccccc4c4cc(-c5ccc6c(c5)c5ccccc5n6-c5ccccc5)ccc43)n2)cc1. The van der Waals surface area contributed by atoms with Crippen LogP contribution in [0.3, 0.4) is 0 Å². The molecule has 8 nitrogen and oxygen atoms in total. The van der Waals surface area contributed by atoms with E-state index in [1.54, 1.807) is 0 Å². The lowest BCUT2D eigenvalue weighted by molar-refractivity contribution is 0.995. The van der Waals surface area contributed by atoms with Crippen molar-refractivity contribution in [2.75, 3.05) is 0 Å². The van der Waals surface area contributed by atoms with Crippen molar-refractivity contribution in [1.29, 1.82) is 0 Å². The van der Waals surface area contributed by atoms with E-state index in [4.69, 9.17) is 19.9 Å². The van der Waals surface area contributed by atoms with E-state index in [0.29, 0.717) is 11.9 Å². The maximum absolute atomic E-state index is 5.22. The first-order valence-electron chi connectivity index (χ1n) is 31.8.